The number of hydrogen-bond donors (Lipinski definition) is 1. The Balaban J connectivity index is 2.33. The largest absolute Gasteiger partial charge is 0.342 e. The van der Waals surface area contributed by atoms with Crippen LogP contribution >= 0.6 is 11.6 Å². The van der Waals surface area contributed by atoms with Crippen molar-refractivity contribution in [2.24, 2.45) is 5.92 Å². The van der Waals surface area contributed by atoms with Crippen LogP contribution in [-0.4, -0.2) is 23.9 Å². The summed E-state index contributed by atoms with van der Waals surface area (Å²) in [5.41, 5.74) is 0.665. The topological polar surface area (TPSA) is 49.4 Å². The van der Waals surface area contributed by atoms with Gasteiger partial charge in [-0.1, -0.05) is 31.5 Å². The summed E-state index contributed by atoms with van der Waals surface area (Å²) in [5, 5.41) is 3.35. The van der Waals surface area contributed by atoms with Crippen molar-refractivity contribution < 1.29 is 9.59 Å². The molecule has 1 saturated heterocycles. The fourth-order valence-electron chi connectivity index (χ4n) is 2.44. The maximum Gasteiger partial charge on any atom is 0.250 e. The minimum atomic E-state index is -0.524. The molecule has 1 N–H and O–H groups in total. The molecule has 1 aromatic carbocycles. The average molecular weight is 295 g/mol. The third kappa shape index (κ3) is 2.96. The zero-order chi connectivity index (χ0) is 14.9. The van der Waals surface area contributed by atoms with Crippen LogP contribution < -0.4 is 10.2 Å². The van der Waals surface area contributed by atoms with Crippen molar-refractivity contribution in [3.8, 4) is 0 Å². The van der Waals surface area contributed by atoms with Crippen LogP contribution in [-0.2, 0) is 9.59 Å². The van der Waals surface area contributed by atoms with E-state index in [0.29, 0.717) is 23.0 Å². The fraction of sp³-hybridized carbons (Fsp3) is 0.467. The van der Waals surface area contributed by atoms with Gasteiger partial charge in [-0.25, -0.2) is 0 Å². The number of nitrogens with one attached hydrogen (secondary N) is 1. The van der Waals surface area contributed by atoms with E-state index >= 15 is 0 Å². The maximum atomic E-state index is 12.6. The van der Waals surface area contributed by atoms with Gasteiger partial charge in [0.1, 0.15) is 12.1 Å². The van der Waals surface area contributed by atoms with Gasteiger partial charge in [-0.2, -0.15) is 0 Å². The van der Waals surface area contributed by atoms with Crippen molar-refractivity contribution in [3.63, 3.8) is 0 Å². The molecule has 0 radical (unpaired) electrons. The number of halogens is 1. The predicted octanol–water partition coefficient (Wildman–Crippen LogP) is 2.61. The second-order valence-corrected chi connectivity index (χ2v) is 5.99. The summed E-state index contributed by atoms with van der Waals surface area (Å²) in [7, 11) is 0. The average Bonchev–Trinajstić information content (AvgIpc) is 2.36. The van der Waals surface area contributed by atoms with E-state index in [2.05, 4.69) is 5.32 Å². The highest BCUT2D eigenvalue weighted by atomic mass is 35.5. The van der Waals surface area contributed by atoms with Crippen molar-refractivity contribution in [2.75, 3.05) is 4.90 Å². The Hall–Kier alpha value is -1.55. The molecule has 108 valence electrons. The smallest absolute Gasteiger partial charge is 0.250 e. The van der Waals surface area contributed by atoms with Crippen LogP contribution in [0.5, 0.6) is 0 Å². The molecule has 1 fully saturated rings. The summed E-state index contributed by atoms with van der Waals surface area (Å²) < 4.78 is 0. The van der Waals surface area contributed by atoms with Gasteiger partial charge < -0.3 is 5.32 Å². The zero-order valence-corrected chi connectivity index (χ0v) is 12.6. The lowest BCUT2D eigenvalue weighted by Crippen LogP contribution is -2.63. The highest BCUT2D eigenvalue weighted by molar-refractivity contribution is 6.31. The van der Waals surface area contributed by atoms with Gasteiger partial charge in [0.25, 0.3) is 0 Å². The van der Waals surface area contributed by atoms with Crippen LogP contribution in [0.2, 0.25) is 5.02 Å². The molecule has 0 aromatic heterocycles. The van der Waals surface area contributed by atoms with Crippen molar-refractivity contribution in [2.45, 2.75) is 39.3 Å². The molecule has 2 unspecified atom stereocenters. The van der Waals surface area contributed by atoms with Gasteiger partial charge in [0.2, 0.25) is 11.8 Å². The molecule has 0 aliphatic carbocycles. The Labute approximate surface area is 124 Å². The maximum absolute atomic E-state index is 12.6. The molecular formula is C15H19ClN2O2. The van der Waals surface area contributed by atoms with Crippen molar-refractivity contribution in [1.29, 1.82) is 0 Å². The van der Waals surface area contributed by atoms with E-state index in [0.717, 1.165) is 0 Å². The van der Waals surface area contributed by atoms with E-state index in [1.54, 1.807) is 31.2 Å². The lowest BCUT2D eigenvalue weighted by molar-refractivity contribution is -0.133. The molecule has 1 aromatic rings. The first-order valence-corrected chi connectivity index (χ1v) is 7.17. The van der Waals surface area contributed by atoms with Crippen LogP contribution in [0.1, 0.15) is 27.2 Å². The summed E-state index contributed by atoms with van der Waals surface area (Å²) in [6, 6.07) is 6.05. The summed E-state index contributed by atoms with van der Waals surface area (Å²) in [6.07, 6.45) is 0.633. The normalized spacial score (nSPS) is 23.1. The second-order valence-electron chi connectivity index (χ2n) is 5.55. The molecular weight excluding hydrogens is 276 g/mol. The van der Waals surface area contributed by atoms with Gasteiger partial charge in [0.15, 0.2) is 0 Å². The van der Waals surface area contributed by atoms with Gasteiger partial charge in [-0.3, -0.25) is 14.5 Å². The third-order valence-electron chi connectivity index (χ3n) is 3.41. The van der Waals surface area contributed by atoms with Gasteiger partial charge in [-0.15, -0.1) is 0 Å². The lowest BCUT2D eigenvalue weighted by Gasteiger charge is -2.38. The molecule has 2 amide bonds. The number of piperazine rings is 1. The first kappa shape index (κ1) is 14.9. The Morgan fingerprint density at radius 3 is 2.65 bits per heavy atom. The number of nitrogens with zero attached hydrogens (tertiary/aromatic N) is 1. The van der Waals surface area contributed by atoms with Crippen molar-refractivity contribution in [3.05, 3.63) is 29.3 Å². The van der Waals surface area contributed by atoms with Gasteiger partial charge in [0.05, 0.1) is 0 Å². The molecule has 2 rings (SSSR count). The molecule has 4 nitrogen and oxygen atoms in total. The lowest BCUT2D eigenvalue weighted by atomic mass is 9.98. The van der Waals surface area contributed by atoms with Crippen molar-refractivity contribution in [1.82, 2.24) is 5.32 Å². The van der Waals surface area contributed by atoms with Gasteiger partial charge in [-0.05, 0) is 37.5 Å². The number of benzene rings is 1. The first-order valence-electron chi connectivity index (χ1n) is 6.79. The minimum absolute atomic E-state index is 0.0759. The van der Waals surface area contributed by atoms with E-state index in [9.17, 15) is 9.59 Å². The third-order valence-corrected chi connectivity index (χ3v) is 3.65. The summed E-state index contributed by atoms with van der Waals surface area (Å²) in [6.45, 7) is 5.78. The standard InChI is InChI=1S/C15H19ClN2O2/c1-9(2)7-13-15(20)18(10(3)14(19)17-13)12-6-4-5-11(16)8-12/h4-6,8-10,13H,7H2,1-3H3,(H,17,19). The van der Waals surface area contributed by atoms with Crippen molar-refractivity contribution >= 4 is 29.1 Å². The summed E-state index contributed by atoms with van der Waals surface area (Å²) in [5.74, 6) is 0.127. The van der Waals surface area contributed by atoms with E-state index in [1.807, 2.05) is 13.8 Å². The van der Waals surface area contributed by atoms with Crippen LogP contribution in [0.3, 0.4) is 0 Å². The van der Waals surface area contributed by atoms with E-state index in [1.165, 1.54) is 4.90 Å². The van der Waals surface area contributed by atoms with Crippen LogP contribution in [0.15, 0.2) is 24.3 Å². The molecule has 0 spiro atoms. The number of hydrogen-bond acceptors (Lipinski definition) is 2. The molecule has 2 atom stereocenters. The Kier molecular flexibility index (Phi) is 4.33. The molecule has 5 heteroatoms. The summed E-state index contributed by atoms with van der Waals surface area (Å²) >= 11 is 5.98. The molecule has 0 bridgehead atoms. The fourth-order valence-corrected chi connectivity index (χ4v) is 2.62. The quantitative estimate of drug-likeness (QED) is 0.931. The number of carbonyl (C=O) groups excluding carboxylic acids is 2. The second kappa shape index (κ2) is 5.83. The van der Waals surface area contributed by atoms with Crippen LogP contribution in [0.25, 0.3) is 0 Å². The Bertz CT molecular complexity index is 530. The number of amides is 2. The van der Waals surface area contributed by atoms with E-state index in [4.69, 9.17) is 11.6 Å². The molecule has 20 heavy (non-hydrogen) atoms. The van der Waals surface area contributed by atoms with Crippen LogP contribution in [0.4, 0.5) is 5.69 Å². The monoisotopic (exact) mass is 294 g/mol. The first-order chi connectivity index (χ1) is 9.40. The molecule has 0 saturated carbocycles. The highest BCUT2D eigenvalue weighted by Crippen LogP contribution is 2.25. The Morgan fingerprint density at radius 2 is 2.05 bits per heavy atom. The van der Waals surface area contributed by atoms with E-state index < -0.39 is 12.1 Å². The molecule has 1 heterocycles. The van der Waals surface area contributed by atoms with E-state index in [-0.39, 0.29) is 11.8 Å². The number of anilines is 1. The minimum Gasteiger partial charge on any atom is -0.342 e. The SMILES string of the molecule is CC(C)CC1NC(=O)C(C)N(c2cccc(Cl)c2)C1=O. The number of rotatable bonds is 3. The molecule has 1 aliphatic rings. The predicted molar refractivity (Wildman–Crippen MR) is 79.8 cm³/mol. The zero-order valence-electron chi connectivity index (χ0n) is 11.9. The highest BCUT2D eigenvalue weighted by Gasteiger charge is 2.39. The van der Waals surface area contributed by atoms with Crippen LogP contribution in [0, 0.1) is 5.92 Å². The summed E-state index contributed by atoms with van der Waals surface area (Å²) in [4.78, 5) is 26.2. The number of carbonyl (C=O) groups is 2. The molecule has 1 aliphatic heterocycles. The van der Waals surface area contributed by atoms with Gasteiger partial charge >= 0.3 is 0 Å². The Morgan fingerprint density at radius 1 is 1.35 bits per heavy atom. The van der Waals surface area contributed by atoms with Gasteiger partial charge in [0, 0.05) is 10.7 Å².